The first kappa shape index (κ1) is 15.0. The molecule has 0 aromatic heterocycles. The molecule has 0 saturated heterocycles. The van der Waals surface area contributed by atoms with E-state index in [1.165, 1.54) is 12.1 Å². The van der Waals surface area contributed by atoms with E-state index in [2.05, 4.69) is 0 Å². The summed E-state index contributed by atoms with van der Waals surface area (Å²) in [5, 5.41) is 0. The standard InChI is InChI=1S/C17H10F3NO2/c18-17(19,20)12-7-4-8-13(9-12)21-15(22)10-14(16(21)23)11-5-2-1-3-6-11/h1-10H. The van der Waals surface area contributed by atoms with Crippen LogP contribution in [0.1, 0.15) is 11.1 Å². The van der Waals surface area contributed by atoms with E-state index in [9.17, 15) is 22.8 Å². The van der Waals surface area contributed by atoms with Crippen molar-refractivity contribution in [2.75, 3.05) is 4.90 Å². The molecule has 1 heterocycles. The molecule has 0 radical (unpaired) electrons. The van der Waals surface area contributed by atoms with Crippen molar-refractivity contribution in [1.29, 1.82) is 0 Å². The number of hydrogen-bond donors (Lipinski definition) is 0. The van der Waals surface area contributed by atoms with Crippen LogP contribution in [0.5, 0.6) is 0 Å². The molecule has 3 rings (SSSR count). The Kier molecular flexibility index (Phi) is 3.52. The topological polar surface area (TPSA) is 37.4 Å². The highest BCUT2D eigenvalue weighted by Crippen LogP contribution is 2.34. The van der Waals surface area contributed by atoms with Gasteiger partial charge in [-0.1, -0.05) is 36.4 Å². The number of carbonyl (C=O) groups excluding carboxylic acids is 2. The van der Waals surface area contributed by atoms with Crippen LogP contribution in [0.2, 0.25) is 0 Å². The number of amides is 2. The number of hydrogen-bond acceptors (Lipinski definition) is 2. The maximum absolute atomic E-state index is 12.8. The minimum Gasteiger partial charge on any atom is -0.269 e. The Labute approximate surface area is 129 Å². The predicted octanol–water partition coefficient (Wildman–Crippen LogP) is 3.66. The number of anilines is 1. The van der Waals surface area contributed by atoms with Gasteiger partial charge in [-0.05, 0) is 23.8 Å². The second-order valence-electron chi connectivity index (χ2n) is 4.95. The molecule has 0 atom stereocenters. The molecular weight excluding hydrogens is 307 g/mol. The van der Waals surface area contributed by atoms with Crippen molar-refractivity contribution in [1.82, 2.24) is 0 Å². The maximum atomic E-state index is 12.8. The molecule has 0 spiro atoms. The van der Waals surface area contributed by atoms with Crippen molar-refractivity contribution in [2.24, 2.45) is 0 Å². The van der Waals surface area contributed by atoms with Crippen LogP contribution in [0.25, 0.3) is 5.57 Å². The van der Waals surface area contributed by atoms with Gasteiger partial charge in [-0.3, -0.25) is 9.59 Å². The van der Waals surface area contributed by atoms with E-state index >= 15 is 0 Å². The second-order valence-corrected chi connectivity index (χ2v) is 4.95. The lowest BCUT2D eigenvalue weighted by Gasteiger charge is -2.16. The molecule has 3 nitrogen and oxygen atoms in total. The van der Waals surface area contributed by atoms with Gasteiger partial charge in [0.25, 0.3) is 11.8 Å². The number of alkyl halides is 3. The molecule has 6 heteroatoms. The van der Waals surface area contributed by atoms with Gasteiger partial charge >= 0.3 is 6.18 Å². The van der Waals surface area contributed by atoms with Gasteiger partial charge in [-0.25, -0.2) is 4.90 Å². The lowest BCUT2D eigenvalue weighted by Crippen LogP contribution is -2.30. The Balaban J connectivity index is 1.98. The van der Waals surface area contributed by atoms with Gasteiger partial charge in [-0.15, -0.1) is 0 Å². The molecule has 1 aliphatic heterocycles. The van der Waals surface area contributed by atoms with Gasteiger partial charge < -0.3 is 0 Å². The molecule has 2 amide bonds. The van der Waals surface area contributed by atoms with Crippen molar-refractivity contribution in [2.45, 2.75) is 6.18 Å². The summed E-state index contributed by atoms with van der Waals surface area (Å²) in [6, 6.07) is 12.6. The third-order valence-corrected chi connectivity index (χ3v) is 3.44. The number of halogens is 3. The van der Waals surface area contributed by atoms with Crippen LogP contribution in [0.3, 0.4) is 0 Å². The van der Waals surface area contributed by atoms with E-state index in [0.717, 1.165) is 23.1 Å². The Morgan fingerprint density at radius 2 is 1.57 bits per heavy atom. The van der Waals surface area contributed by atoms with Crippen molar-refractivity contribution >= 4 is 23.1 Å². The summed E-state index contributed by atoms with van der Waals surface area (Å²) < 4.78 is 38.4. The Hall–Kier alpha value is -2.89. The fourth-order valence-electron chi connectivity index (χ4n) is 2.36. The van der Waals surface area contributed by atoms with E-state index in [0.29, 0.717) is 5.56 Å². The molecule has 0 saturated carbocycles. The van der Waals surface area contributed by atoms with E-state index < -0.39 is 23.6 Å². The largest absolute Gasteiger partial charge is 0.416 e. The van der Waals surface area contributed by atoms with Crippen LogP contribution in [-0.2, 0) is 15.8 Å². The van der Waals surface area contributed by atoms with Crippen LogP contribution < -0.4 is 4.90 Å². The molecular formula is C17H10F3NO2. The van der Waals surface area contributed by atoms with Gasteiger partial charge in [0.05, 0.1) is 16.8 Å². The van der Waals surface area contributed by atoms with Crippen molar-refractivity contribution in [3.8, 4) is 0 Å². The number of benzene rings is 2. The van der Waals surface area contributed by atoms with Crippen LogP contribution in [0, 0.1) is 0 Å². The van der Waals surface area contributed by atoms with Gasteiger partial charge in [0, 0.05) is 6.08 Å². The van der Waals surface area contributed by atoms with Crippen molar-refractivity contribution < 1.29 is 22.8 Å². The highest BCUT2D eigenvalue weighted by Gasteiger charge is 2.35. The average molecular weight is 317 g/mol. The van der Waals surface area contributed by atoms with E-state index in [1.807, 2.05) is 0 Å². The lowest BCUT2D eigenvalue weighted by molar-refractivity contribution is -0.137. The predicted molar refractivity (Wildman–Crippen MR) is 78.4 cm³/mol. The fourth-order valence-corrected chi connectivity index (χ4v) is 2.36. The zero-order valence-electron chi connectivity index (χ0n) is 11.7. The summed E-state index contributed by atoms with van der Waals surface area (Å²) in [4.78, 5) is 25.3. The van der Waals surface area contributed by atoms with Crippen LogP contribution in [0.4, 0.5) is 18.9 Å². The number of rotatable bonds is 2. The summed E-state index contributed by atoms with van der Waals surface area (Å²) >= 11 is 0. The summed E-state index contributed by atoms with van der Waals surface area (Å²) in [7, 11) is 0. The van der Waals surface area contributed by atoms with Gasteiger partial charge in [-0.2, -0.15) is 13.2 Å². The molecule has 1 aliphatic rings. The monoisotopic (exact) mass is 317 g/mol. The fraction of sp³-hybridized carbons (Fsp3) is 0.0588. The first-order chi connectivity index (χ1) is 10.9. The third kappa shape index (κ3) is 2.75. The number of imide groups is 1. The van der Waals surface area contributed by atoms with E-state index in [-0.39, 0.29) is 11.3 Å². The van der Waals surface area contributed by atoms with Crippen LogP contribution >= 0.6 is 0 Å². The highest BCUT2D eigenvalue weighted by molar-refractivity contribution is 6.43. The highest BCUT2D eigenvalue weighted by atomic mass is 19.4. The Morgan fingerprint density at radius 1 is 0.870 bits per heavy atom. The van der Waals surface area contributed by atoms with E-state index in [4.69, 9.17) is 0 Å². The molecule has 23 heavy (non-hydrogen) atoms. The minimum atomic E-state index is -4.54. The average Bonchev–Trinajstić information content (AvgIpc) is 2.82. The van der Waals surface area contributed by atoms with Gasteiger partial charge in [0.15, 0.2) is 0 Å². The number of carbonyl (C=O) groups is 2. The molecule has 0 N–H and O–H groups in total. The third-order valence-electron chi connectivity index (χ3n) is 3.44. The molecule has 0 unspecified atom stereocenters. The summed E-state index contributed by atoms with van der Waals surface area (Å²) in [5.74, 6) is -1.30. The Morgan fingerprint density at radius 3 is 2.22 bits per heavy atom. The Bertz CT molecular complexity index is 810. The lowest BCUT2D eigenvalue weighted by atomic mass is 10.1. The molecule has 0 fully saturated rings. The molecule has 0 bridgehead atoms. The second kappa shape index (κ2) is 5.39. The maximum Gasteiger partial charge on any atom is 0.416 e. The summed E-state index contributed by atoms with van der Waals surface area (Å²) in [5.41, 5.74) is -0.311. The SMILES string of the molecule is O=C1C=C(c2ccccc2)C(=O)N1c1cccc(C(F)(F)F)c1. The number of nitrogens with zero attached hydrogens (tertiary/aromatic N) is 1. The first-order valence-electron chi connectivity index (χ1n) is 6.71. The van der Waals surface area contributed by atoms with Gasteiger partial charge in [0.2, 0.25) is 0 Å². The zero-order chi connectivity index (χ0) is 16.6. The zero-order valence-corrected chi connectivity index (χ0v) is 11.7. The summed E-state index contributed by atoms with van der Waals surface area (Å²) in [6.45, 7) is 0. The molecule has 116 valence electrons. The molecule has 0 aliphatic carbocycles. The summed E-state index contributed by atoms with van der Waals surface area (Å²) in [6.07, 6.45) is -3.41. The van der Waals surface area contributed by atoms with Gasteiger partial charge in [0.1, 0.15) is 0 Å². The molecule has 2 aromatic carbocycles. The van der Waals surface area contributed by atoms with Crippen molar-refractivity contribution in [3.63, 3.8) is 0 Å². The normalized spacial score (nSPS) is 15.1. The first-order valence-corrected chi connectivity index (χ1v) is 6.71. The quantitative estimate of drug-likeness (QED) is 0.793. The minimum absolute atomic E-state index is 0.1000. The smallest absolute Gasteiger partial charge is 0.269 e. The van der Waals surface area contributed by atoms with Crippen molar-refractivity contribution in [3.05, 3.63) is 71.8 Å². The van der Waals surface area contributed by atoms with Crippen LogP contribution in [-0.4, -0.2) is 11.8 Å². The van der Waals surface area contributed by atoms with Crippen LogP contribution in [0.15, 0.2) is 60.7 Å². The van der Waals surface area contributed by atoms with E-state index in [1.54, 1.807) is 30.3 Å². The molecule has 2 aromatic rings.